The van der Waals surface area contributed by atoms with Gasteiger partial charge in [0, 0.05) is 94.9 Å². The van der Waals surface area contributed by atoms with Crippen LogP contribution in [0.2, 0.25) is 10.3 Å². The number of carboxylic acid groups (broad SMARTS) is 1. The Morgan fingerprint density at radius 2 is 1.14 bits per heavy atom. The molecule has 5 aliphatic rings. The third-order valence-corrected chi connectivity index (χ3v) is 15.3. The summed E-state index contributed by atoms with van der Waals surface area (Å²) in [7, 11) is 4.95. The molecule has 0 bridgehead atoms. The van der Waals surface area contributed by atoms with Gasteiger partial charge in [-0.05, 0) is 63.5 Å². The van der Waals surface area contributed by atoms with Crippen LogP contribution in [0.15, 0.2) is 103 Å². The highest BCUT2D eigenvalue weighted by Gasteiger charge is 2.52. The van der Waals surface area contributed by atoms with E-state index in [0.29, 0.717) is 78.4 Å². The van der Waals surface area contributed by atoms with Crippen LogP contribution in [-0.4, -0.2) is 139 Å². The Kier molecular flexibility index (Phi) is 20.2. The van der Waals surface area contributed by atoms with E-state index in [9.17, 15) is 15.3 Å². The number of aryl methyl sites for hydroxylation is 3. The Morgan fingerprint density at radius 3 is 1.61 bits per heavy atom. The third kappa shape index (κ3) is 15.5. The van der Waals surface area contributed by atoms with Gasteiger partial charge in [-0.15, -0.1) is 0 Å². The highest BCUT2D eigenvalue weighted by Crippen LogP contribution is 2.39. The molecule has 0 unspecified atom stereocenters. The molecular weight excluding hydrogens is 1170 g/mol. The standard InChI is InChI=1S/C22H20N6O2.C18H24BNO4.C10H8ClN5.C5H6N2O2.C4H5ClN4/c1-28-12-16(11-26-28)18-9-19-22(27-18)21(25-13-24-19)14-2-3-20(15(8-14)10-23)30-17-4-6-29-7-5-17;1-17(2)18(3,4)24-19(23-17)14-5-6-16(13(11-14)12-20)22-15-7-9-21-10-8-15;1-16-4-6(3-14-16)7-2-8-9(15-7)10(11)13-5-12-8;1-7-3-4(2-6-7)5(8)9;5-3-2(6)4(7)9-1-8-3/h2-3,8,11-13,17H,4-7,9H2,1H3;5-6,11,15H,7-10H2,1-4H3;3-5H,2H2,1H3;2-3H,1H3,(H,8,9);1H,6H2,(H2,7,8,9). The fraction of sp³-hybridized carbons (Fsp3) is 0.356. The van der Waals surface area contributed by atoms with Crippen LogP contribution in [0.25, 0.3) is 11.3 Å². The summed E-state index contributed by atoms with van der Waals surface area (Å²) in [6.07, 6.45) is 19.3. The normalized spacial score (nSPS) is 16.2. The Labute approximate surface area is 517 Å². The molecule has 0 amide bonds. The zero-order valence-corrected chi connectivity index (χ0v) is 50.8. The molecule has 6 aromatic heterocycles. The maximum atomic E-state index is 10.2. The lowest BCUT2D eigenvalue weighted by molar-refractivity contribution is 0.00578. The quantitative estimate of drug-likeness (QED) is 0.0938. The zero-order valence-electron chi connectivity index (χ0n) is 49.3. The number of aromatic carboxylic acids is 1. The van der Waals surface area contributed by atoms with Crippen LogP contribution >= 0.6 is 23.2 Å². The van der Waals surface area contributed by atoms with Crippen LogP contribution in [0.5, 0.6) is 11.5 Å². The van der Waals surface area contributed by atoms with E-state index < -0.39 is 24.3 Å². The molecule has 29 heteroatoms. The second-order valence-corrected chi connectivity index (χ2v) is 22.3. The van der Waals surface area contributed by atoms with Gasteiger partial charge < -0.3 is 44.8 Å². The Balaban J connectivity index is 0.000000141. The number of hydrogen-bond donors (Lipinski definition) is 3. The number of fused-ring (bicyclic) bond motifs is 2. The molecular formula is C59H63BCl2N18O8. The average Bonchev–Trinajstić information content (AvgIpc) is 2.14. The first-order valence-electron chi connectivity index (χ1n) is 27.8. The Hall–Kier alpha value is -9.22. The molecule has 0 atom stereocenters. The number of aliphatic imine (C=N–C) groups is 2. The lowest BCUT2D eigenvalue weighted by atomic mass is 9.78. The summed E-state index contributed by atoms with van der Waals surface area (Å²) in [4.78, 5) is 43.5. The van der Waals surface area contributed by atoms with Crippen LogP contribution in [0.4, 0.5) is 22.9 Å². The molecule has 0 saturated carbocycles. The van der Waals surface area contributed by atoms with Gasteiger partial charge in [0.15, 0.2) is 16.1 Å². The monoisotopic (exact) mass is 1230 g/mol. The van der Waals surface area contributed by atoms with Crippen molar-refractivity contribution in [2.75, 3.05) is 37.9 Å². The molecule has 2 aromatic carbocycles. The number of nitriles is 2. The molecule has 5 aliphatic heterocycles. The Bertz CT molecular complexity index is 3920. The highest BCUT2D eigenvalue weighted by atomic mass is 35.5. The molecule has 3 fully saturated rings. The fourth-order valence-electron chi connectivity index (χ4n) is 9.24. The number of anilines is 2. The maximum absolute atomic E-state index is 10.2. The summed E-state index contributed by atoms with van der Waals surface area (Å²) in [5, 5.41) is 40.1. The smallest absolute Gasteiger partial charge is 0.489 e. The number of carbonyl (C=O) groups is 1. The van der Waals surface area contributed by atoms with Gasteiger partial charge in [-0.2, -0.15) is 25.8 Å². The molecule has 13 rings (SSSR count). The number of aromatic nitrogens is 12. The van der Waals surface area contributed by atoms with Crippen molar-refractivity contribution in [2.24, 2.45) is 31.1 Å². The van der Waals surface area contributed by atoms with E-state index in [1.165, 1.54) is 29.7 Å². The summed E-state index contributed by atoms with van der Waals surface area (Å²) >= 11 is 11.4. The van der Waals surface area contributed by atoms with Gasteiger partial charge in [-0.3, -0.25) is 14.0 Å². The molecule has 11 heterocycles. The summed E-state index contributed by atoms with van der Waals surface area (Å²) in [5.74, 6) is 0.487. The first kappa shape index (κ1) is 63.3. The number of rotatable bonds is 9. The van der Waals surface area contributed by atoms with Crippen molar-refractivity contribution >= 4 is 76.1 Å². The van der Waals surface area contributed by atoms with Crippen molar-refractivity contribution in [2.45, 2.75) is 89.6 Å². The number of nitrogen functional groups attached to an aromatic ring is 2. The van der Waals surface area contributed by atoms with Crippen molar-refractivity contribution in [3.05, 3.63) is 142 Å². The van der Waals surface area contributed by atoms with Crippen LogP contribution in [0.3, 0.4) is 0 Å². The molecule has 5 N–H and O–H groups in total. The number of nitrogens with zero attached hydrogens (tertiary/aromatic N) is 16. The van der Waals surface area contributed by atoms with Crippen molar-refractivity contribution in [1.29, 1.82) is 10.5 Å². The number of carboxylic acids is 1. The van der Waals surface area contributed by atoms with Gasteiger partial charge in [0.25, 0.3) is 0 Å². The molecule has 88 heavy (non-hydrogen) atoms. The topological polar surface area (TPSA) is 348 Å². The third-order valence-electron chi connectivity index (χ3n) is 14.8. The molecule has 0 aliphatic carbocycles. The minimum absolute atomic E-state index is 0.0756. The summed E-state index contributed by atoms with van der Waals surface area (Å²) in [6.45, 7) is 10.9. The van der Waals surface area contributed by atoms with Gasteiger partial charge in [-0.1, -0.05) is 29.3 Å². The number of benzene rings is 2. The van der Waals surface area contributed by atoms with Crippen molar-refractivity contribution < 1.29 is 38.2 Å². The number of nitrogens with two attached hydrogens (primary N) is 2. The molecule has 0 radical (unpaired) electrons. The predicted octanol–water partition coefficient (Wildman–Crippen LogP) is 7.35. The summed E-state index contributed by atoms with van der Waals surface area (Å²) in [5.41, 5.74) is 20.6. The molecule has 454 valence electrons. The lowest BCUT2D eigenvalue weighted by Gasteiger charge is -2.32. The van der Waals surface area contributed by atoms with Gasteiger partial charge in [0.1, 0.15) is 71.9 Å². The van der Waals surface area contributed by atoms with Crippen LogP contribution < -0.4 is 26.4 Å². The number of hydrogen-bond acceptors (Lipinski definition) is 22. The molecule has 0 spiro atoms. The van der Waals surface area contributed by atoms with Crippen LogP contribution in [-0.2, 0) is 52.8 Å². The minimum atomic E-state index is -0.942. The van der Waals surface area contributed by atoms with E-state index in [0.717, 1.165) is 76.3 Å². The first-order valence-corrected chi connectivity index (χ1v) is 28.6. The van der Waals surface area contributed by atoms with Gasteiger partial charge in [0.05, 0.1) is 101 Å². The van der Waals surface area contributed by atoms with Gasteiger partial charge >= 0.3 is 13.1 Å². The second kappa shape index (κ2) is 28.1. The van der Waals surface area contributed by atoms with E-state index in [1.54, 1.807) is 41.2 Å². The average molecular weight is 1230 g/mol. The largest absolute Gasteiger partial charge is 0.494 e. The van der Waals surface area contributed by atoms with E-state index in [4.69, 9.17) is 73.0 Å². The molecule has 3 saturated heterocycles. The number of ether oxygens (including phenoxy) is 4. The van der Waals surface area contributed by atoms with E-state index in [2.05, 4.69) is 62.3 Å². The second-order valence-electron chi connectivity index (χ2n) is 21.6. The van der Waals surface area contributed by atoms with Crippen molar-refractivity contribution in [1.82, 2.24) is 59.2 Å². The van der Waals surface area contributed by atoms with Crippen LogP contribution in [0, 0.1) is 22.7 Å². The SMILES string of the molecule is CC1(C)OB(c2ccc(OC3CCOCC3)c(C#N)c2)OC1(C)C.Cn1cc(C(=O)O)cn1.Cn1cc(C2=Nc3c(Cl)ncnc3C2)cn1.Cn1cc(C2=Nc3c(ncnc3-c3ccc(OC4CCOCC4)c(C#N)c3)C2)cn1.Nc1ncnc(Cl)c1N. The van der Waals surface area contributed by atoms with Gasteiger partial charge in [-0.25, -0.2) is 44.7 Å². The van der Waals surface area contributed by atoms with Crippen molar-refractivity contribution in [3.63, 3.8) is 0 Å². The number of halogens is 2. The first-order chi connectivity index (χ1) is 42.2. The molecule has 8 aromatic rings. The fourth-order valence-corrected chi connectivity index (χ4v) is 9.58. The lowest BCUT2D eigenvalue weighted by Crippen LogP contribution is -2.41. The van der Waals surface area contributed by atoms with E-state index in [-0.39, 0.29) is 34.4 Å². The Morgan fingerprint density at radius 1 is 0.648 bits per heavy atom. The van der Waals surface area contributed by atoms with Crippen LogP contribution in [0.1, 0.15) is 97.4 Å². The van der Waals surface area contributed by atoms with E-state index >= 15 is 0 Å². The van der Waals surface area contributed by atoms with E-state index in [1.807, 2.05) is 84.5 Å². The maximum Gasteiger partial charge on any atom is 0.494 e. The predicted molar refractivity (Wildman–Crippen MR) is 327 cm³/mol. The van der Waals surface area contributed by atoms with Gasteiger partial charge in [0.2, 0.25) is 0 Å². The minimum Gasteiger partial charge on any atom is -0.489 e. The summed E-state index contributed by atoms with van der Waals surface area (Å²) in [6, 6.07) is 15.6. The van der Waals surface area contributed by atoms with Crippen molar-refractivity contribution in [3.8, 4) is 34.9 Å². The highest BCUT2D eigenvalue weighted by molar-refractivity contribution is 6.62. The zero-order chi connectivity index (χ0) is 62.7. The summed E-state index contributed by atoms with van der Waals surface area (Å²) < 4.78 is 39.8. The molecule has 26 nitrogen and oxygen atoms in total.